The molecule has 0 saturated carbocycles. The van der Waals surface area contributed by atoms with E-state index in [4.69, 9.17) is 0 Å². The molecule has 3 aromatic rings. The Kier molecular flexibility index (Phi) is 8.80. The van der Waals surface area contributed by atoms with Crippen LogP contribution in [0.3, 0.4) is 0 Å². The number of aromatic nitrogens is 1. The van der Waals surface area contributed by atoms with E-state index in [1.807, 2.05) is 52.9 Å². The maximum absolute atomic E-state index is 13.7. The molecule has 0 unspecified atom stereocenters. The Bertz CT molecular complexity index is 1260. The third-order valence-corrected chi connectivity index (χ3v) is 7.88. The second kappa shape index (κ2) is 11.4. The molecule has 0 saturated heterocycles. The predicted octanol–water partition coefficient (Wildman–Crippen LogP) is 5.32. The molecular weight excluding hydrogens is 470 g/mol. The molecule has 0 radical (unpaired) electrons. The van der Waals surface area contributed by atoms with Gasteiger partial charge >= 0.3 is 0 Å². The molecule has 0 atom stereocenters. The lowest BCUT2D eigenvalue weighted by atomic mass is 10.1. The van der Waals surface area contributed by atoms with Crippen molar-refractivity contribution in [2.45, 2.75) is 65.1 Å². The van der Waals surface area contributed by atoms with Gasteiger partial charge in [0, 0.05) is 30.5 Å². The van der Waals surface area contributed by atoms with E-state index in [1.165, 1.54) is 15.4 Å². The van der Waals surface area contributed by atoms with Crippen LogP contribution in [-0.2, 0) is 27.9 Å². The van der Waals surface area contributed by atoms with Crippen molar-refractivity contribution in [3.05, 3.63) is 89.7 Å². The van der Waals surface area contributed by atoms with Gasteiger partial charge in [0.1, 0.15) is 0 Å². The highest BCUT2D eigenvalue weighted by Gasteiger charge is 2.33. The summed E-state index contributed by atoms with van der Waals surface area (Å²) in [4.78, 5) is 15.7. The molecule has 1 heterocycles. The largest absolute Gasteiger partial charge is 0.345 e. The van der Waals surface area contributed by atoms with E-state index < -0.39 is 15.6 Å². The SMILES string of the molecule is Cc1cccc(Cn2cccc2CN(C(=O)CN(CC(C)C)S(=O)(=O)c2ccccc2)C(C)(C)C)c1. The molecule has 0 aliphatic heterocycles. The summed E-state index contributed by atoms with van der Waals surface area (Å²) in [6, 6.07) is 20.7. The van der Waals surface area contributed by atoms with Crippen molar-refractivity contribution in [1.82, 2.24) is 13.8 Å². The third-order valence-electron chi connectivity index (χ3n) is 6.05. The molecule has 2 aromatic carbocycles. The molecule has 0 bridgehead atoms. The van der Waals surface area contributed by atoms with Gasteiger partial charge in [-0.1, -0.05) is 61.9 Å². The molecule has 36 heavy (non-hydrogen) atoms. The minimum absolute atomic E-state index is 0.0749. The Morgan fingerprint density at radius 3 is 2.28 bits per heavy atom. The number of nitrogens with zero attached hydrogens (tertiary/aromatic N) is 3. The fraction of sp³-hybridized carbons (Fsp3) is 0.414. The van der Waals surface area contributed by atoms with Gasteiger partial charge in [-0.05, 0) is 63.4 Å². The molecule has 7 heteroatoms. The summed E-state index contributed by atoms with van der Waals surface area (Å²) in [5, 5.41) is 0. The quantitative estimate of drug-likeness (QED) is 0.372. The standard InChI is InChI=1S/C29H39N3O3S/c1-23(2)19-31(36(34,35)27-15-8-7-9-16-27)22-28(33)32(29(4,5)6)21-26-14-11-17-30(26)20-25-13-10-12-24(3)18-25/h7-18,23H,19-22H2,1-6H3. The minimum Gasteiger partial charge on any atom is -0.345 e. The van der Waals surface area contributed by atoms with E-state index in [0.717, 1.165) is 5.69 Å². The van der Waals surface area contributed by atoms with Gasteiger partial charge in [0.05, 0.1) is 18.0 Å². The second-order valence-corrected chi connectivity index (χ2v) is 12.7. The Morgan fingerprint density at radius 2 is 1.67 bits per heavy atom. The predicted molar refractivity (Wildman–Crippen MR) is 145 cm³/mol. The number of aryl methyl sites for hydroxylation is 1. The van der Waals surface area contributed by atoms with Crippen molar-refractivity contribution in [2.24, 2.45) is 5.92 Å². The molecule has 3 rings (SSSR count). The lowest BCUT2D eigenvalue weighted by molar-refractivity contribution is -0.137. The molecule has 0 spiro atoms. The normalized spacial score (nSPS) is 12.3. The Hall–Kier alpha value is -2.90. The third kappa shape index (κ3) is 7.08. The average molecular weight is 510 g/mol. The van der Waals surface area contributed by atoms with Crippen LogP contribution in [0.1, 0.15) is 51.4 Å². The van der Waals surface area contributed by atoms with Crippen molar-refractivity contribution in [1.29, 1.82) is 0 Å². The number of hydrogen-bond donors (Lipinski definition) is 0. The van der Waals surface area contributed by atoms with Crippen molar-refractivity contribution in [3.63, 3.8) is 0 Å². The summed E-state index contributed by atoms with van der Waals surface area (Å²) in [6.45, 7) is 13.1. The first-order chi connectivity index (χ1) is 16.9. The Morgan fingerprint density at radius 1 is 0.972 bits per heavy atom. The number of carbonyl (C=O) groups is 1. The molecule has 1 aromatic heterocycles. The average Bonchev–Trinajstić information content (AvgIpc) is 3.23. The maximum Gasteiger partial charge on any atom is 0.243 e. The highest BCUT2D eigenvalue weighted by Crippen LogP contribution is 2.22. The van der Waals surface area contributed by atoms with Gasteiger partial charge in [-0.25, -0.2) is 8.42 Å². The van der Waals surface area contributed by atoms with Crippen molar-refractivity contribution >= 4 is 15.9 Å². The topological polar surface area (TPSA) is 62.6 Å². The summed E-state index contributed by atoms with van der Waals surface area (Å²) < 4.78 is 30.3. The van der Waals surface area contributed by atoms with Crippen molar-refractivity contribution in [3.8, 4) is 0 Å². The number of rotatable bonds is 10. The molecule has 0 N–H and O–H groups in total. The van der Waals surface area contributed by atoms with E-state index in [1.54, 1.807) is 35.2 Å². The summed E-state index contributed by atoms with van der Waals surface area (Å²) in [7, 11) is -3.80. The molecule has 1 amide bonds. The number of hydrogen-bond acceptors (Lipinski definition) is 3. The van der Waals surface area contributed by atoms with Crippen LogP contribution >= 0.6 is 0 Å². The van der Waals surface area contributed by atoms with Gasteiger partial charge in [-0.15, -0.1) is 0 Å². The first-order valence-corrected chi connectivity index (χ1v) is 13.9. The van der Waals surface area contributed by atoms with Gasteiger partial charge in [-0.2, -0.15) is 4.31 Å². The van der Waals surface area contributed by atoms with E-state index in [2.05, 4.69) is 35.8 Å². The van der Waals surface area contributed by atoms with E-state index in [9.17, 15) is 13.2 Å². The molecule has 0 aliphatic carbocycles. The molecule has 0 fully saturated rings. The first kappa shape index (κ1) is 27.7. The van der Waals surface area contributed by atoms with Crippen LogP contribution in [0.15, 0.2) is 77.8 Å². The molecule has 194 valence electrons. The van der Waals surface area contributed by atoms with Crippen LogP contribution in [0.2, 0.25) is 0 Å². The second-order valence-electron chi connectivity index (χ2n) is 10.8. The fourth-order valence-electron chi connectivity index (χ4n) is 4.25. The number of carbonyl (C=O) groups excluding carboxylic acids is 1. The highest BCUT2D eigenvalue weighted by molar-refractivity contribution is 7.89. The molecule has 6 nitrogen and oxygen atoms in total. The zero-order chi connectivity index (χ0) is 26.5. The summed E-state index contributed by atoms with van der Waals surface area (Å²) in [5.41, 5.74) is 2.91. The van der Waals surface area contributed by atoms with Crippen LogP contribution in [0.5, 0.6) is 0 Å². The summed E-state index contributed by atoms with van der Waals surface area (Å²) >= 11 is 0. The minimum atomic E-state index is -3.80. The van der Waals surface area contributed by atoms with Gasteiger partial charge < -0.3 is 9.47 Å². The van der Waals surface area contributed by atoms with Crippen molar-refractivity contribution in [2.75, 3.05) is 13.1 Å². The van der Waals surface area contributed by atoms with Crippen LogP contribution in [-0.4, -0.2) is 46.7 Å². The number of amides is 1. The van der Waals surface area contributed by atoms with Gasteiger partial charge in [0.25, 0.3) is 0 Å². The summed E-state index contributed by atoms with van der Waals surface area (Å²) in [5.74, 6) is -0.142. The van der Waals surface area contributed by atoms with Crippen molar-refractivity contribution < 1.29 is 13.2 Å². The van der Waals surface area contributed by atoms with E-state index in [-0.39, 0.29) is 29.8 Å². The van der Waals surface area contributed by atoms with Gasteiger partial charge in [0.2, 0.25) is 15.9 Å². The summed E-state index contributed by atoms with van der Waals surface area (Å²) in [6.07, 6.45) is 2.02. The Labute approximate surface area is 216 Å². The molecule has 0 aliphatic rings. The smallest absolute Gasteiger partial charge is 0.243 e. The highest BCUT2D eigenvalue weighted by atomic mass is 32.2. The van der Waals surface area contributed by atoms with Crippen LogP contribution in [0.25, 0.3) is 0 Å². The van der Waals surface area contributed by atoms with E-state index >= 15 is 0 Å². The monoisotopic (exact) mass is 509 g/mol. The lowest BCUT2D eigenvalue weighted by Crippen LogP contribution is -2.50. The Balaban J connectivity index is 1.86. The molecular formula is C29H39N3O3S. The number of benzene rings is 2. The lowest BCUT2D eigenvalue weighted by Gasteiger charge is -2.37. The van der Waals surface area contributed by atoms with Crippen LogP contribution in [0.4, 0.5) is 0 Å². The zero-order valence-electron chi connectivity index (χ0n) is 22.3. The zero-order valence-corrected chi connectivity index (χ0v) is 23.1. The first-order valence-electron chi connectivity index (χ1n) is 12.4. The van der Waals surface area contributed by atoms with E-state index in [0.29, 0.717) is 13.1 Å². The number of sulfonamides is 1. The van der Waals surface area contributed by atoms with Crippen LogP contribution in [0, 0.1) is 12.8 Å². The van der Waals surface area contributed by atoms with Gasteiger partial charge in [0.15, 0.2) is 0 Å². The van der Waals surface area contributed by atoms with Gasteiger partial charge in [-0.3, -0.25) is 4.79 Å². The maximum atomic E-state index is 13.7. The van der Waals surface area contributed by atoms with Crippen LogP contribution < -0.4 is 0 Å². The fourth-order valence-corrected chi connectivity index (χ4v) is 5.82.